The number of furan rings is 1. The summed E-state index contributed by atoms with van der Waals surface area (Å²) >= 11 is 0. The Balaban J connectivity index is 1.69. The second-order valence-electron chi connectivity index (χ2n) is 6.59. The molecule has 1 fully saturated rings. The average Bonchev–Trinajstić information content (AvgIpc) is 3.04. The van der Waals surface area contributed by atoms with Crippen LogP contribution in [0.1, 0.15) is 55.1 Å². The molecule has 1 saturated carbocycles. The zero-order valence-electron chi connectivity index (χ0n) is 13.8. The van der Waals surface area contributed by atoms with E-state index in [0.717, 1.165) is 18.6 Å². The summed E-state index contributed by atoms with van der Waals surface area (Å²) < 4.78 is 5.44. The maximum Gasteiger partial charge on any atom is 0.255 e. The minimum absolute atomic E-state index is 0.259. The number of aromatic amines is 1. The van der Waals surface area contributed by atoms with Gasteiger partial charge in [-0.3, -0.25) is 14.7 Å². The Hall–Kier alpha value is -2.57. The highest BCUT2D eigenvalue weighted by atomic mass is 16.3. The average molecular weight is 330 g/mol. The van der Waals surface area contributed by atoms with Crippen LogP contribution in [0.4, 0.5) is 5.82 Å². The highest BCUT2D eigenvalue weighted by Gasteiger charge is 2.32. The van der Waals surface area contributed by atoms with Crippen molar-refractivity contribution in [3.63, 3.8) is 0 Å². The summed E-state index contributed by atoms with van der Waals surface area (Å²) in [4.78, 5) is 25.1. The Morgan fingerprint density at radius 1 is 1.38 bits per heavy atom. The van der Waals surface area contributed by atoms with E-state index in [-0.39, 0.29) is 17.7 Å². The van der Waals surface area contributed by atoms with Crippen molar-refractivity contribution >= 4 is 17.6 Å². The van der Waals surface area contributed by atoms with Crippen LogP contribution in [0, 0.1) is 5.92 Å². The van der Waals surface area contributed by atoms with Gasteiger partial charge >= 0.3 is 0 Å². The standard InChI is InChI=1S/C17H22N4O3/c1-10(2)9-13(17(23)20-14-5-7-18-21-14)19-16(22)12-6-8-24-15(12)11-3-4-11/h5-8,10-11,13H,3-4,9H2,1-2H3,(H,19,22)(H2,18,20,21,23). The summed E-state index contributed by atoms with van der Waals surface area (Å²) in [5.41, 5.74) is 0.528. The second kappa shape index (κ2) is 6.90. The number of H-pyrrole nitrogens is 1. The predicted octanol–water partition coefficient (Wildman–Crippen LogP) is 2.66. The lowest BCUT2D eigenvalue weighted by Crippen LogP contribution is -2.44. The van der Waals surface area contributed by atoms with Gasteiger partial charge in [0.2, 0.25) is 5.91 Å². The number of hydrogen-bond acceptors (Lipinski definition) is 4. The maximum absolute atomic E-state index is 12.6. The highest BCUT2D eigenvalue weighted by Crippen LogP contribution is 2.42. The van der Waals surface area contributed by atoms with E-state index in [0.29, 0.717) is 23.7 Å². The van der Waals surface area contributed by atoms with E-state index in [1.54, 1.807) is 18.3 Å². The smallest absolute Gasteiger partial charge is 0.255 e. The minimum Gasteiger partial charge on any atom is -0.468 e. The molecular formula is C17H22N4O3. The molecule has 2 aromatic heterocycles. The monoisotopic (exact) mass is 330 g/mol. The normalized spacial score (nSPS) is 15.3. The van der Waals surface area contributed by atoms with Gasteiger partial charge in [0.1, 0.15) is 17.6 Å². The lowest BCUT2D eigenvalue weighted by molar-refractivity contribution is -0.118. The fraction of sp³-hybridized carbons (Fsp3) is 0.471. The predicted molar refractivity (Wildman–Crippen MR) is 88.6 cm³/mol. The number of rotatable bonds is 7. The van der Waals surface area contributed by atoms with Crippen molar-refractivity contribution in [3.05, 3.63) is 35.9 Å². The quantitative estimate of drug-likeness (QED) is 0.726. The van der Waals surface area contributed by atoms with E-state index in [9.17, 15) is 9.59 Å². The van der Waals surface area contributed by atoms with Crippen molar-refractivity contribution in [2.24, 2.45) is 5.92 Å². The molecular weight excluding hydrogens is 308 g/mol. The first kappa shape index (κ1) is 16.3. The minimum atomic E-state index is -0.622. The summed E-state index contributed by atoms with van der Waals surface area (Å²) in [5, 5.41) is 12.0. The third-order valence-corrected chi connectivity index (χ3v) is 3.98. The fourth-order valence-corrected chi connectivity index (χ4v) is 2.65. The topological polar surface area (TPSA) is 100 Å². The van der Waals surface area contributed by atoms with E-state index >= 15 is 0 Å². The maximum atomic E-state index is 12.6. The molecule has 0 radical (unpaired) electrons. The van der Waals surface area contributed by atoms with E-state index in [1.165, 1.54) is 6.26 Å². The molecule has 2 heterocycles. The highest BCUT2D eigenvalue weighted by molar-refractivity contribution is 6.01. The molecule has 1 unspecified atom stereocenters. The molecule has 128 valence electrons. The molecule has 0 spiro atoms. The zero-order chi connectivity index (χ0) is 17.1. The number of anilines is 1. The lowest BCUT2D eigenvalue weighted by Gasteiger charge is -2.19. The first-order chi connectivity index (χ1) is 11.5. The van der Waals surface area contributed by atoms with Crippen molar-refractivity contribution in [3.8, 4) is 0 Å². The zero-order valence-corrected chi connectivity index (χ0v) is 13.8. The first-order valence-corrected chi connectivity index (χ1v) is 8.23. The van der Waals surface area contributed by atoms with Gasteiger partial charge in [-0.2, -0.15) is 5.10 Å². The van der Waals surface area contributed by atoms with Gasteiger partial charge in [-0.05, 0) is 31.2 Å². The molecule has 1 atom stereocenters. The molecule has 1 aliphatic carbocycles. The Bertz CT molecular complexity index is 701. The van der Waals surface area contributed by atoms with Crippen molar-refractivity contribution in [2.45, 2.75) is 45.1 Å². The lowest BCUT2D eigenvalue weighted by atomic mass is 10.0. The summed E-state index contributed by atoms with van der Waals surface area (Å²) in [6.07, 6.45) is 5.72. The molecule has 7 nitrogen and oxygen atoms in total. The van der Waals surface area contributed by atoms with Gasteiger partial charge in [0.05, 0.1) is 18.0 Å². The number of hydrogen-bond donors (Lipinski definition) is 3. The van der Waals surface area contributed by atoms with Crippen LogP contribution in [0.5, 0.6) is 0 Å². The number of nitrogens with one attached hydrogen (secondary N) is 3. The number of amides is 2. The van der Waals surface area contributed by atoms with E-state index in [2.05, 4.69) is 20.8 Å². The third-order valence-electron chi connectivity index (χ3n) is 3.98. The van der Waals surface area contributed by atoms with Crippen LogP contribution in [0.15, 0.2) is 29.0 Å². The largest absolute Gasteiger partial charge is 0.468 e. The molecule has 7 heteroatoms. The number of nitrogens with zero attached hydrogens (tertiary/aromatic N) is 1. The summed E-state index contributed by atoms with van der Waals surface area (Å²) in [6.45, 7) is 4.02. The van der Waals surface area contributed by atoms with Gasteiger partial charge in [0, 0.05) is 12.0 Å². The van der Waals surface area contributed by atoms with Gasteiger partial charge in [0.15, 0.2) is 0 Å². The summed E-state index contributed by atoms with van der Waals surface area (Å²) in [5.74, 6) is 1.29. The molecule has 2 aromatic rings. The van der Waals surface area contributed by atoms with E-state index in [1.807, 2.05) is 13.8 Å². The van der Waals surface area contributed by atoms with Crippen molar-refractivity contribution in [1.29, 1.82) is 0 Å². The number of aromatic nitrogens is 2. The Kier molecular flexibility index (Phi) is 4.69. The van der Waals surface area contributed by atoms with Crippen LogP contribution in [-0.2, 0) is 4.79 Å². The van der Waals surface area contributed by atoms with Crippen molar-refractivity contribution in [2.75, 3.05) is 5.32 Å². The Labute approximate surface area is 140 Å². The van der Waals surface area contributed by atoms with Gasteiger partial charge < -0.3 is 15.1 Å². The molecule has 1 aliphatic rings. The summed E-state index contributed by atoms with van der Waals surface area (Å²) in [6, 6.07) is 2.71. The summed E-state index contributed by atoms with van der Waals surface area (Å²) in [7, 11) is 0. The van der Waals surface area contributed by atoms with Crippen LogP contribution in [0.3, 0.4) is 0 Å². The van der Waals surface area contributed by atoms with Crippen LogP contribution in [-0.4, -0.2) is 28.1 Å². The molecule has 24 heavy (non-hydrogen) atoms. The number of carbonyl (C=O) groups is 2. The molecule has 0 aliphatic heterocycles. The molecule has 0 saturated heterocycles. The van der Waals surface area contributed by atoms with Crippen molar-refractivity contribution < 1.29 is 14.0 Å². The number of carbonyl (C=O) groups excluding carboxylic acids is 2. The molecule has 0 aromatic carbocycles. The molecule has 2 amide bonds. The molecule has 3 rings (SSSR count). The van der Waals surface area contributed by atoms with Gasteiger partial charge in [-0.15, -0.1) is 0 Å². The van der Waals surface area contributed by atoms with Gasteiger partial charge in [0.25, 0.3) is 5.91 Å². The Morgan fingerprint density at radius 2 is 2.17 bits per heavy atom. The fourth-order valence-electron chi connectivity index (χ4n) is 2.65. The van der Waals surface area contributed by atoms with Crippen LogP contribution in [0.25, 0.3) is 0 Å². The van der Waals surface area contributed by atoms with Crippen LogP contribution >= 0.6 is 0 Å². The van der Waals surface area contributed by atoms with Crippen LogP contribution in [0.2, 0.25) is 0 Å². The SMILES string of the molecule is CC(C)CC(NC(=O)c1ccoc1C1CC1)C(=O)Nc1ccn[nH]1. The van der Waals surface area contributed by atoms with Gasteiger partial charge in [-0.25, -0.2) is 0 Å². The van der Waals surface area contributed by atoms with E-state index in [4.69, 9.17) is 4.42 Å². The van der Waals surface area contributed by atoms with E-state index < -0.39 is 6.04 Å². The van der Waals surface area contributed by atoms with Crippen LogP contribution < -0.4 is 10.6 Å². The first-order valence-electron chi connectivity index (χ1n) is 8.23. The second-order valence-corrected chi connectivity index (χ2v) is 6.59. The third kappa shape index (κ3) is 3.84. The molecule has 0 bridgehead atoms. The molecule has 3 N–H and O–H groups in total. The van der Waals surface area contributed by atoms with Gasteiger partial charge in [-0.1, -0.05) is 13.8 Å². The van der Waals surface area contributed by atoms with Crippen molar-refractivity contribution in [1.82, 2.24) is 15.5 Å². The Morgan fingerprint density at radius 3 is 2.79 bits per heavy atom.